The van der Waals surface area contributed by atoms with Crippen LogP contribution in [0.25, 0.3) is 0 Å². The van der Waals surface area contributed by atoms with Gasteiger partial charge in [0.25, 0.3) is 0 Å². The van der Waals surface area contributed by atoms with Crippen LogP contribution >= 0.6 is 0 Å². The summed E-state index contributed by atoms with van der Waals surface area (Å²) in [6.45, 7) is 10.3. The predicted octanol–water partition coefficient (Wildman–Crippen LogP) is 4.18. The summed E-state index contributed by atoms with van der Waals surface area (Å²) >= 11 is 0. The number of Topliss-reactive ketones (excluding diaryl/α,β-unsaturated/α-hetero) is 1. The maximum absolute atomic E-state index is 12.3. The Morgan fingerprint density at radius 3 is 2.53 bits per heavy atom. The van der Waals surface area contributed by atoms with Gasteiger partial charge in [0, 0.05) is 11.3 Å². The molecular formula is C16H24O. The van der Waals surface area contributed by atoms with Crippen molar-refractivity contribution in [1.82, 2.24) is 0 Å². The molecule has 0 aromatic heterocycles. The number of carbonyl (C=O) groups is 1. The van der Waals surface area contributed by atoms with Crippen LogP contribution in [0.2, 0.25) is 0 Å². The molecule has 1 aromatic carbocycles. The SMILES string of the molecule is CC[C@@H](C)C(=O)C(C)(C)Cc1cccc(C)c1. The Balaban J connectivity index is 2.82. The van der Waals surface area contributed by atoms with E-state index in [1.807, 2.05) is 6.92 Å². The monoisotopic (exact) mass is 232 g/mol. The largest absolute Gasteiger partial charge is 0.299 e. The number of carbonyl (C=O) groups excluding carboxylic acids is 1. The molecule has 94 valence electrons. The lowest BCUT2D eigenvalue weighted by Crippen LogP contribution is -2.31. The van der Waals surface area contributed by atoms with E-state index in [-0.39, 0.29) is 11.3 Å². The number of hydrogen-bond donors (Lipinski definition) is 0. The molecule has 0 N–H and O–H groups in total. The molecule has 0 radical (unpaired) electrons. The summed E-state index contributed by atoms with van der Waals surface area (Å²) in [5.74, 6) is 0.538. The third kappa shape index (κ3) is 3.69. The van der Waals surface area contributed by atoms with Crippen LogP contribution < -0.4 is 0 Å². The van der Waals surface area contributed by atoms with Crippen LogP contribution in [0.3, 0.4) is 0 Å². The van der Waals surface area contributed by atoms with E-state index in [9.17, 15) is 4.79 Å². The van der Waals surface area contributed by atoms with Crippen molar-refractivity contribution in [1.29, 1.82) is 0 Å². The molecule has 1 aromatic rings. The van der Waals surface area contributed by atoms with Crippen LogP contribution in [0.1, 0.15) is 45.2 Å². The first-order valence-electron chi connectivity index (χ1n) is 6.46. The average Bonchev–Trinajstić information content (AvgIpc) is 2.26. The van der Waals surface area contributed by atoms with Gasteiger partial charge in [0.15, 0.2) is 0 Å². The zero-order chi connectivity index (χ0) is 13.1. The molecule has 1 rings (SSSR count). The van der Waals surface area contributed by atoms with Crippen LogP contribution in [-0.4, -0.2) is 5.78 Å². The molecule has 0 bridgehead atoms. The zero-order valence-electron chi connectivity index (χ0n) is 11.7. The van der Waals surface area contributed by atoms with Crippen LogP contribution in [0.4, 0.5) is 0 Å². The van der Waals surface area contributed by atoms with Crippen molar-refractivity contribution >= 4 is 5.78 Å². The summed E-state index contributed by atoms with van der Waals surface area (Å²) < 4.78 is 0. The molecule has 0 aliphatic carbocycles. The molecule has 0 spiro atoms. The zero-order valence-corrected chi connectivity index (χ0v) is 11.7. The maximum Gasteiger partial charge on any atom is 0.141 e. The third-order valence-corrected chi connectivity index (χ3v) is 3.46. The van der Waals surface area contributed by atoms with Gasteiger partial charge in [0.1, 0.15) is 5.78 Å². The van der Waals surface area contributed by atoms with Gasteiger partial charge in [-0.15, -0.1) is 0 Å². The Hall–Kier alpha value is -1.11. The lowest BCUT2D eigenvalue weighted by molar-refractivity contribution is -0.130. The standard InChI is InChI=1S/C16H24O/c1-6-13(3)15(17)16(4,5)11-14-9-7-8-12(2)10-14/h7-10,13H,6,11H2,1-5H3/t13-/m1/s1. The van der Waals surface area contributed by atoms with Gasteiger partial charge in [-0.3, -0.25) is 4.79 Å². The minimum atomic E-state index is -0.261. The minimum absolute atomic E-state index is 0.162. The molecule has 17 heavy (non-hydrogen) atoms. The fourth-order valence-electron chi connectivity index (χ4n) is 2.27. The highest BCUT2D eigenvalue weighted by Gasteiger charge is 2.30. The Morgan fingerprint density at radius 2 is 2.00 bits per heavy atom. The second-order valence-electron chi connectivity index (χ2n) is 5.72. The molecule has 0 aliphatic rings. The molecule has 1 nitrogen and oxygen atoms in total. The topological polar surface area (TPSA) is 17.1 Å². The molecule has 0 amide bonds. The smallest absolute Gasteiger partial charge is 0.141 e. The van der Waals surface area contributed by atoms with Gasteiger partial charge in [0.05, 0.1) is 0 Å². The summed E-state index contributed by atoms with van der Waals surface area (Å²) in [4.78, 5) is 12.3. The molecule has 0 heterocycles. The fourth-order valence-corrected chi connectivity index (χ4v) is 2.27. The van der Waals surface area contributed by atoms with E-state index < -0.39 is 0 Å². The van der Waals surface area contributed by atoms with Gasteiger partial charge >= 0.3 is 0 Å². The summed E-state index contributed by atoms with van der Waals surface area (Å²) in [6.07, 6.45) is 1.76. The van der Waals surface area contributed by atoms with Gasteiger partial charge in [-0.25, -0.2) is 0 Å². The van der Waals surface area contributed by atoms with Crippen molar-refractivity contribution in [3.8, 4) is 0 Å². The highest BCUT2D eigenvalue weighted by molar-refractivity contribution is 5.86. The number of benzene rings is 1. The summed E-state index contributed by atoms with van der Waals surface area (Å²) in [6, 6.07) is 8.44. The number of hydrogen-bond acceptors (Lipinski definition) is 1. The first-order chi connectivity index (χ1) is 7.86. The summed E-state index contributed by atoms with van der Waals surface area (Å²) in [5, 5.41) is 0. The van der Waals surface area contributed by atoms with E-state index in [4.69, 9.17) is 0 Å². The summed E-state index contributed by atoms with van der Waals surface area (Å²) in [7, 11) is 0. The number of ketones is 1. The van der Waals surface area contributed by atoms with Crippen LogP contribution in [0.5, 0.6) is 0 Å². The van der Waals surface area contributed by atoms with E-state index in [2.05, 4.69) is 52.0 Å². The van der Waals surface area contributed by atoms with Crippen molar-refractivity contribution < 1.29 is 4.79 Å². The normalized spacial score (nSPS) is 13.5. The molecule has 1 heteroatoms. The highest BCUT2D eigenvalue weighted by Crippen LogP contribution is 2.27. The predicted molar refractivity (Wildman–Crippen MR) is 73.1 cm³/mol. The third-order valence-electron chi connectivity index (χ3n) is 3.46. The fraction of sp³-hybridized carbons (Fsp3) is 0.562. The van der Waals surface area contributed by atoms with Crippen molar-refractivity contribution in [3.05, 3.63) is 35.4 Å². The first kappa shape index (κ1) is 14.0. The van der Waals surface area contributed by atoms with E-state index in [1.54, 1.807) is 0 Å². The molecule has 1 atom stereocenters. The van der Waals surface area contributed by atoms with E-state index in [0.29, 0.717) is 5.78 Å². The second kappa shape index (κ2) is 5.48. The van der Waals surface area contributed by atoms with Crippen molar-refractivity contribution in [2.45, 2.75) is 47.5 Å². The van der Waals surface area contributed by atoms with E-state index >= 15 is 0 Å². The Bertz CT molecular complexity index is 390. The van der Waals surface area contributed by atoms with Crippen molar-refractivity contribution in [2.24, 2.45) is 11.3 Å². The van der Waals surface area contributed by atoms with E-state index in [0.717, 1.165) is 12.8 Å². The van der Waals surface area contributed by atoms with Gasteiger partial charge in [0.2, 0.25) is 0 Å². The molecule has 0 saturated heterocycles. The molecule has 0 fully saturated rings. The lowest BCUT2D eigenvalue weighted by atomic mass is 9.76. The number of rotatable bonds is 5. The molecule has 0 saturated carbocycles. The van der Waals surface area contributed by atoms with Crippen LogP contribution in [-0.2, 0) is 11.2 Å². The van der Waals surface area contributed by atoms with Gasteiger partial charge < -0.3 is 0 Å². The molecule has 0 aliphatic heterocycles. The average molecular weight is 232 g/mol. The Morgan fingerprint density at radius 1 is 1.35 bits per heavy atom. The Labute approximate surface area is 105 Å². The molecular weight excluding hydrogens is 208 g/mol. The first-order valence-corrected chi connectivity index (χ1v) is 6.46. The maximum atomic E-state index is 12.3. The van der Waals surface area contributed by atoms with Crippen molar-refractivity contribution in [2.75, 3.05) is 0 Å². The lowest BCUT2D eigenvalue weighted by Gasteiger charge is -2.26. The quantitative estimate of drug-likeness (QED) is 0.744. The minimum Gasteiger partial charge on any atom is -0.299 e. The van der Waals surface area contributed by atoms with Gasteiger partial charge in [-0.1, -0.05) is 57.5 Å². The molecule has 0 unspecified atom stereocenters. The van der Waals surface area contributed by atoms with Crippen LogP contribution in [0, 0.1) is 18.3 Å². The van der Waals surface area contributed by atoms with E-state index in [1.165, 1.54) is 11.1 Å². The number of aryl methyl sites for hydroxylation is 1. The Kier molecular flexibility index (Phi) is 4.50. The van der Waals surface area contributed by atoms with Crippen molar-refractivity contribution in [3.63, 3.8) is 0 Å². The second-order valence-corrected chi connectivity index (χ2v) is 5.72. The van der Waals surface area contributed by atoms with Gasteiger partial charge in [-0.05, 0) is 25.3 Å². The highest BCUT2D eigenvalue weighted by atomic mass is 16.1. The van der Waals surface area contributed by atoms with Gasteiger partial charge in [-0.2, -0.15) is 0 Å². The summed E-state index contributed by atoms with van der Waals surface area (Å²) in [5.41, 5.74) is 2.25. The van der Waals surface area contributed by atoms with Crippen LogP contribution in [0.15, 0.2) is 24.3 Å².